The molecule has 1 aliphatic rings. The van der Waals surface area contributed by atoms with Crippen LogP contribution in [0.1, 0.15) is 31.2 Å². The molecule has 29 heavy (non-hydrogen) atoms. The van der Waals surface area contributed by atoms with Gasteiger partial charge in [0, 0.05) is 48.9 Å². The molecule has 152 valence electrons. The summed E-state index contributed by atoms with van der Waals surface area (Å²) in [7, 11) is 0. The van der Waals surface area contributed by atoms with E-state index in [0.29, 0.717) is 32.4 Å². The van der Waals surface area contributed by atoms with E-state index in [4.69, 9.17) is 0 Å². The molecule has 2 aromatic heterocycles. The van der Waals surface area contributed by atoms with Gasteiger partial charge in [0.1, 0.15) is 24.0 Å². The first-order chi connectivity index (χ1) is 14.1. The second-order valence-electron chi connectivity index (χ2n) is 7.77. The number of carbonyl (C=O) groups is 2. The molecule has 6 nitrogen and oxygen atoms in total. The molecule has 7 heteroatoms. The van der Waals surface area contributed by atoms with Gasteiger partial charge in [-0.3, -0.25) is 14.6 Å². The van der Waals surface area contributed by atoms with Crippen molar-refractivity contribution in [1.82, 2.24) is 14.9 Å². The fourth-order valence-corrected chi connectivity index (χ4v) is 4.07. The van der Waals surface area contributed by atoms with Crippen molar-refractivity contribution in [3.8, 4) is 0 Å². The molecule has 0 aliphatic carbocycles. The molecule has 0 radical (unpaired) electrons. The van der Waals surface area contributed by atoms with E-state index in [1.54, 1.807) is 11.0 Å². The number of Topliss-reactive ketones (excluding diaryl/α,β-unsaturated/α-hetero) is 1. The number of rotatable bonds is 9. The molecule has 0 unspecified atom stereocenters. The average Bonchev–Trinajstić information content (AvgIpc) is 3.44. The van der Waals surface area contributed by atoms with Crippen molar-refractivity contribution in [3.63, 3.8) is 0 Å². The van der Waals surface area contributed by atoms with Gasteiger partial charge < -0.3 is 9.88 Å². The number of fused-ring (bicyclic) bond motifs is 1. The number of aryl methyl sites for hydroxylation is 1. The Kier molecular flexibility index (Phi) is 5.74. The molecule has 2 N–H and O–H groups in total. The van der Waals surface area contributed by atoms with Crippen LogP contribution in [0.25, 0.3) is 10.9 Å². The summed E-state index contributed by atoms with van der Waals surface area (Å²) < 4.78 is 15.6. The van der Waals surface area contributed by atoms with Crippen molar-refractivity contribution in [2.75, 3.05) is 13.1 Å². The highest BCUT2D eigenvalue weighted by atomic mass is 19.1. The van der Waals surface area contributed by atoms with Crippen molar-refractivity contribution >= 4 is 22.6 Å². The average molecular weight is 397 g/mol. The van der Waals surface area contributed by atoms with Crippen molar-refractivity contribution in [2.24, 2.45) is 5.92 Å². The number of nitrogens with one attached hydrogen (secondary N) is 2. The zero-order chi connectivity index (χ0) is 20.2. The normalized spacial score (nSPS) is 16.8. The van der Waals surface area contributed by atoms with Gasteiger partial charge in [-0.2, -0.15) is 0 Å². The summed E-state index contributed by atoms with van der Waals surface area (Å²) in [5, 5.41) is 0.851. The van der Waals surface area contributed by atoms with E-state index < -0.39 is 0 Å². The molecule has 1 fully saturated rings. The summed E-state index contributed by atoms with van der Waals surface area (Å²) in [6.07, 6.45) is 10.9. The predicted octanol–water partition coefficient (Wildman–Crippen LogP) is 2.75. The molecule has 1 amide bonds. The van der Waals surface area contributed by atoms with Gasteiger partial charge in [0.15, 0.2) is 0 Å². The van der Waals surface area contributed by atoms with Crippen molar-refractivity contribution < 1.29 is 18.5 Å². The largest absolute Gasteiger partial charge is 0.361 e. The maximum absolute atomic E-state index is 13.5. The highest BCUT2D eigenvalue weighted by Crippen LogP contribution is 2.23. The van der Waals surface area contributed by atoms with Crippen LogP contribution in [0.5, 0.6) is 0 Å². The minimum atomic E-state index is -0.267. The lowest BCUT2D eigenvalue weighted by Gasteiger charge is -2.16. The summed E-state index contributed by atoms with van der Waals surface area (Å²) in [5.41, 5.74) is 1.88. The Hall–Kier alpha value is -2.96. The van der Waals surface area contributed by atoms with Crippen molar-refractivity contribution in [2.45, 2.75) is 38.6 Å². The quantitative estimate of drug-likeness (QED) is 0.430. The Morgan fingerprint density at radius 2 is 2.21 bits per heavy atom. The molecule has 0 bridgehead atoms. The van der Waals surface area contributed by atoms with Crippen LogP contribution in [0.2, 0.25) is 0 Å². The van der Waals surface area contributed by atoms with Crippen LogP contribution in [0.15, 0.2) is 43.1 Å². The molecule has 1 aromatic carbocycles. The number of benzene rings is 1. The van der Waals surface area contributed by atoms with E-state index in [-0.39, 0.29) is 23.4 Å². The highest BCUT2D eigenvalue weighted by Gasteiger charge is 2.33. The number of imidazole rings is 1. The number of hydrogen-bond acceptors (Lipinski definition) is 2. The number of nitrogens with zero attached hydrogens (tertiary/aromatic N) is 2. The lowest BCUT2D eigenvalue weighted by molar-refractivity contribution is -0.696. The zero-order valence-electron chi connectivity index (χ0n) is 16.4. The van der Waals surface area contributed by atoms with Crippen LogP contribution in [-0.4, -0.2) is 39.6 Å². The van der Waals surface area contributed by atoms with Crippen LogP contribution < -0.4 is 4.57 Å². The maximum Gasteiger partial charge on any atom is 0.241 e. The van der Waals surface area contributed by atoms with Crippen LogP contribution in [-0.2, 0) is 22.6 Å². The van der Waals surface area contributed by atoms with E-state index in [1.165, 1.54) is 12.1 Å². The second-order valence-corrected chi connectivity index (χ2v) is 7.77. The Morgan fingerprint density at radius 1 is 1.31 bits per heavy atom. The second kappa shape index (κ2) is 8.59. The van der Waals surface area contributed by atoms with Gasteiger partial charge in [0.25, 0.3) is 0 Å². The number of H-pyrrole nitrogens is 2. The summed E-state index contributed by atoms with van der Waals surface area (Å²) in [4.78, 5) is 32.8. The fourth-order valence-electron chi connectivity index (χ4n) is 4.07. The first-order valence-electron chi connectivity index (χ1n) is 10.2. The molecule has 3 aromatic rings. The molecule has 1 atom stereocenters. The summed E-state index contributed by atoms with van der Waals surface area (Å²) in [6, 6.07) is 4.67. The number of halogens is 1. The van der Waals surface area contributed by atoms with E-state index in [2.05, 4.69) is 14.5 Å². The van der Waals surface area contributed by atoms with E-state index in [9.17, 15) is 14.0 Å². The minimum Gasteiger partial charge on any atom is -0.361 e. The standard InChI is InChI=1S/C22H25FN4O2/c23-18-4-5-20-19(12-18)16(13-25-20)6-9-27-14-17(11-22(27)29)21(28)3-1-2-8-26-10-7-24-15-26/h4-5,7,10,12-13,15,17,25H,1-3,6,8-9,11,14H2/p+1/t17-/m0/s1. The molecule has 1 saturated heterocycles. The van der Waals surface area contributed by atoms with E-state index in [1.807, 2.05) is 24.9 Å². The molecule has 0 saturated carbocycles. The Balaban J connectivity index is 1.25. The Labute approximate surface area is 168 Å². The Bertz CT molecular complexity index is 996. The molecular formula is C22H26FN4O2+. The van der Waals surface area contributed by atoms with Gasteiger partial charge in [0.05, 0.1) is 6.54 Å². The smallest absolute Gasteiger partial charge is 0.241 e. The number of aromatic amines is 2. The SMILES string of the molecule is O=C(CCCC[n+]1cc[nH]c1)[C@H]1CC(=O)N(CCc2c[nH]c3ccc(F)cc23)C1. The highest BCUT2D eigenvalue weighted by molar-refractivity contribution is 5.90. The number of hydrogen-bond donors (Lipinski definition) is 2. The first kappa shape index (κ1) is 19.4. The molecule has 0 spiro atoms. The molecule has 4 rings (SSSR count). The van der Waals surface area contributed by atoms with Gasteiger partial charge in [-0.25, -0.2) is 8.96 Å². The van der Waals surface area contributed by atoms with Gasteiger partial charge in [0.2, 0.25) is 12.2 Å². The lowest BCUT2D eigenvalue weighted by Crippen LogP contribution is -2.30. The number of ketones is 1. The lowest BCUT2D eigenvalue weighted by atomic mass is 9.99. The van der Waals surface area contributed by atoms with E-state index >= 15 is 0 Å². The van der Waals surface area contributed by atoms with Crippen LogP contribution in [0.4, 0.5) is 4.39 Å². The van der Waals surface area contributed by atoms with E-state index in [0.717, 1.165) is 35.9 Å². The minimum absolute atomic E-state index is 0.0391. The third kappa shape index (κ3) is 4.55. The van der Waals surface area contributed by atoms with Gasteiger partial charge in [-0.05, 0) is 43.0 Å². The topological polar surface area (TPSA) is 72.8 Å². The number of aromatic nitrogens is 3. The van der Waals surface area contributed by atoms with Crippen molar-refractivity contribution in [1.29, 1.82) is 0 Å². The molecule has 1 aliphatic heterocycles. The summed E-state index contributed by atoms with van der Waals surface area (Å²) in [6.45, 7) is 1.94. The van der Waals surface area contributed by atoms with Crippen LogP contribution >= 0.6 is 0 Å². The fraction of sp³-hybridized carbons (Fsp3) is 0.409. The van der Waals surface area contributed by atoms with Gasteiger partial charge in [-0.1, -0.05) is 0 Å². The predicted molar refractivity (Wildman–Crippen MR) is 106 cm³/mol. The molecule has 3 heterocycles. The Morgan fingerprint density at radius 3 is 3.03 bits per heavy atom. The summed E-state index contributed by atoms with van der Waals surface area (Å²) >= 11 is 0. The zero-order valence-corrected chi connectivity index (χ0v) is 16.4. The van der Waals surface area contributed by atoms with Gasteiger partial charge in [-0.15, -0.1) is 0 Å². The molecular weight excluding hydrogens is 371 g/mol. The third-order valence-electron chi connectivity index (χ3n) is 5.74. The monoisotopic (exact) mass is 397 g/mol. The van der Waals surface area contributed by atoms with Crippen LogP contribution in [0.3, 0.4) is 0 Å². The number of carbonyl (C=O) groups excluding carboxylic acids is 2. The number of likely N-dealkylation sites (tertiary alicyclic amines) is 1. The van der Waals surface area contributed by atoms with Gasteiger partial charge >= 0.3 is 0 Å². The number of amides is 1. The summed E-state index contributed by atoms with van der Waals surface area (Å²) in [5.74, 6) is -0.231. The number of unbranched alkanes of at least 4 members (excludes halogenated alkanes) is 1. The third-order valence-corrected chi connectivity index (χ3v) is 5.74. The van der Waals surface area contributed by atoms with Crippen LogP contribution in [0, 0.1) is 11.7 Å². The maximum atomic E-state index is 13.5. The van der Waals surface area contributed by atoms with Crippen molar-refractivity contribution in [3.05, 3.63) is 54.5 Å². The first-order valence-corrected chi connectivity index (χ1v) is 10.2.